The zero-order chi connectivity index (χ0) is 7.98. The molecule has 1 atom stereocenters. The Morgan fingerprint density at radius 1 is 1.60 bits per heavy atom. The monoisotopic (exact) mass is 146 g/mol. The Morgan fingerprint density at radius 3 is 2.60 bits per heavy atom. The number of hydrogen-bond acceptors (Lipinski definition) is 3. The molecule has 0 aliphatic carbocycles. The van der Waals surface area contributed by atoms with Gasteiger partial charge < -0.3 is 16.6 Å². The lowest BCUT2D eigenvalue weighted by molar-refractivity contribution is -0.137. The van der Waals surface area contributed by atoms with E-state index in [1.807, 2.05) is 0 Å². The van der Waals surface area contributed by atoms with Crippen LogP contribution in [0.1, 0.15) is 19.3 Å². The van der Waals surface area contributed by atoms with Crippen LogP contribution in [0.3, 0.4) is 0 Å². The summed E-state index contributed by atoms with van der Waals surface area (Å²) in [6.07, 6.45) is 1.50. The molecule has 0 amide bonds. The van der Waals surface area contributed by atoms with Gasteiger partial charge in [0.25, 0.3) is 0 Å². The van der Waals surface area contributed by atoms with Crippen molar-refractivity contribution in [1.29, 1.82) is 0 Å². The Kier molecular flexibility index (Phi) is 4.88. The van der Waals surface area contributed by atoms with Gasteiger partial charge in [-0.3, -0.25) is 4.79 Å². The molecule has 4 heteroatoms. The van der Waals surface area contributed by atoms with Crippen molar-refractivity contribution in [3.8, 4) is 0 Å². The van der Waals surface area contributed by atoms with Crippen molar-refractivity contribution in [3.05, 3.63) is 0 Å². The minimum absolute atomic E-state index is 0.0423. The molecule has 0 rings (SSSR count). The number of carboxylic acid groups (broad SMARTS) is 1. The molecule has 5 N–H and O–H groups in total. The van der Waals surface area contributed by atoms with Crippen LogP contribution in [0.4, 0.5) is 0 Å². The zero-order valence-electron chi connectivity index (χ0n) is 5.92. The summed E-state index contributed by atoms with van der Waals surface area (Å²) in [5, 5.41) is 8.23. The van der Waals surface area contributed by atoms with Crippen LogP contribution >= 0.6 is 0 Å². The minimum Gasteiger partial charge on any atom is -0.481 e. The molecule has 0 aromatic heterocycles. The lowest BCUT2D eigenvalue weighted by Crippen LogP contribution is -2.29. The first kappa shape index (κ1) is 9.39. The second kappa shape index (κ2) is 5.20. The number of hydrogen-bond donors (Lipinski definition) is 3. The summed E-state index contributed by atoms with van der Waals surface area (Å²) in [5.74, 6) is -0.774. The van der Waals surface area contributed by atoms with Crippen LogP contribution in [0.2, 0.25) is 0 Å². The SMILES string of the molecule is NC[C@@H](N)CCCC(=O)O. The molecule has 0 aliphatic rings. The van der Waals surface area contributed by atoms with Gasteiger partial charge in [0.1, 0.15) is 0 Å². The van der Waals surface area contributed by atoms with E-state index in [2.05, 4.69) is 0 Å². The highest BCUT2D eigenvalue weighted by molar-refractivity contribution is 5.66. The van der Waals surface area contributed by atoms with Gasteiger partial charge in [0.2, 0.25) is 0 Å². The summed E-state index contributed by atoms with van der Waals surface area (Å²) < 4.78 is 0. The van der Waals surface area contributed by atoms with Gasteiger partial charge in [0.05, 0.1) is 0 Å². The molecular formula is C6H14N2O2. The summed E-state index contributed by atoms with van der Waals surface area (Å²) in [6, 6.07) is -0.0423. The normalized spacial score (nSPS) is 13.0. The lowest BCUT2D eigenvalue weighted by Gasteiger charge is -2.05. The van der Waals surface area contributed by atoms with Gasteiger partial charge in [-0.2, -0.15) is 0 Å². The second-order valence-corrected chi connectivity index (χ2v) is 2.28. The minimum atomic E-state index is -0.774. The first-order chi connectivity index (χ1) is 4.66. The van der Waals surface area contributed by atoms with Gasteiger partial charge in [0, 0.05) is 19.0 Å². The van der Waals surface area contributed by atoms with E-state index in [1.54, 1.807) is 0 Å². The summed E-state index contributed by atoms with van der Waals surface area (Å²) in [6.45, 7) is 0.430. The van der Waals surface area contributed by atoms with Crippen molar-refractivity contribution in [1.82, 2.24) is 0 Å². The molecule has 0 aliphatic heterocycles. The molecule has 0 aromatic carbocycles. The first-order valence-electron chi connectivity index (χ1n) is 3.34. The van der Waals surface area contributed by atoms with E-state index in [-0.39, 0.29) is 12.5 Å². The molecular weight excluding hydrogens is 132 g/mol. The fourth-order valence-electron chi connectivity index (χ4n) is 0.633. The Balaban J connectivity index is 3.11. The maximum Gasteiger partial charge on any atom is 0.303 e. The summed E-state index contributed by atoms with van der Waals surface area (Å²) in [7, 11) is 0. The van der Waals surface area contributed by atoms with Crippen molar-refractivity contribution >= 4 is 5.97 Å². The van der Waals surface area contributed by atoms with Crippen LogP contribution in [0.15, 0.2) is 0 Å². The van der Waals surface area contributed by atoms with E-state index in [9.17, 15) is 4.79 Å². The predicted molar refractivity (Wildman–Crippen MR) is 38.5 cm³/mol. The van der Waals surface area contributed by atoms with Gasteiger partial charge in [0.15, 0.2) is 0 Å². The van der Waals surface area contributed by atoms with Crippen molar-refractivity contribution < 1.29 is 9.90 Å². The fourth-order valence-corrected chi connectivity index (χ4v) is 0.633. The van der Waals surface area contributed by atoms with E-state index < -0.39 is 5.97 Å². The number of aliphatic carboxylic acids is 1. The van der Waals surface area contributed by atoms with E-state index in [0.717, 1.165) is 0 Å². The van der Waals surface area contributed by atoms with Crippen molar-refractivity contribution in [2.75, 3.05) is 6.54 Å². The van der Waals surface area contributed by atoms with Crippen molar-refractivity contribution in [2.24, 2.45) is 11.5 Å². The van der Waals surface area contributed by atoms with E-state index in [1.165, 1.54) is 0 Å². The number of carbonyl (C=O) groups is 1. The fraction of sp³-hybridized carbons (Fsp3) is 0.833. The lowest BCUT2D eigenvalue weighted by atomic mass is 10.1. The third-order valence-corrected chi connectivity index (χ3v) is 1.27. The maximum absolute atomic E-state index is 10.00. The maximum atomic E-state index is 10.00. The van der Waals surface area contributed by atoms with Gasteiger partial charge in [-0.15, -0.1) is 0 Å². The topological polar surface area (TPSA) is 89.3 Å². The second-order valence-electron chi connectivity index (χ2n) is 2.28. The molecule has 4 nitrogen and oxygen atoms in total. The third kappa shape index (κ3) is 5.53. The molecule has 60 valence electrons. The standard InChI is InChI=1S/C6H14N2O2/c7-4-5(8)2-1-3-6(9)10/h5H,1-4,7-8H2,(H,9,10)/t5-/m0/s1. The third-order valence-electron chi connectivity index (χ3n) is 1.27. The van der Waals surface area contributed by atoms with Crippen LogP contribution in [-0.2, 0) is 4.79 Å². The summed E-state index contributed by atoms with van der Waals surface area (Å²) in [4.78, 5) is 10.00. The van der Waals surface area contributed by atoms with E-state index in [0.29, 0.717) is 19.4 Å². The molecule has 0 unspecified atom stereocenters. The Morgan fingerprint density at radius 2 is 2.20 bits per heavy atom. The predicted octanol–water partition coefficient (Wildman–Crippen LogP) is -0.473. The van der Waals surface area contributed by atoms with Gasteiger partial charge in [-0.1, -0.05) is 0 Å². The smallest absolute Gasteiger partial charge is 0.303 e. The highest BCUT2D eigenvalue weighted by Crippen LogP contribution is 1.96. The molecule has 0 saturated heterocycles. The number of nitrogens with two attached hydrogens (primary N) is 2. The Bertz CT molecular complexity index is 106. The molecule has 0 bridgehead atoms. The molecule has 0 heterocycles. The largest absolute Gasteiger partial charge is 0.481 e. The molecule has 0 spiro atoms. The van der Waals surface area contributed by atoms with Crippen LogP contribution < -0.4 is 11.5 Å². The van der Waals surface area contributed by atoms with Gasteiger partial charge in [-0.25, -0.2) is 0 Å². The first-order valence-corrected chi connectivity index (χ1v) is 3.34. The van der Waals surface area contributed by atoms with Crippen LogP contribution in [0.5, 0.6) is 0 Å². The average molecular weight is 146 g/mol. The quantitative estimate of drug-likeness (QED) is 0.489. The zero-order valence-corrected chi connectivity index (χ0v) is 5.92. The van der Waals surface area contributed by atoms with E-state index >= 15 is 0 Å². The van der Waals surface area contributed by atoms with Gasteiger partial charge >= 0.3 is 5.97 Å². The summed E-state index contributed by atoms with van der Waals surface area (Å²) in [5.41, 5.74) is 10.7. The Labute approximate surface area is 60.2 Å². The molecule has 0 fully saturated rings. The van der Waals surface area contributed by atoms with Gasteiger partial charge in [-0.05, 0) is 12.8 Å². The Hall–Kier alpha value is -0.610. The highest BCUT2D eigenvalue weighted by atomic mass is 16.4. The van der Waals surface area contributed by atoms with Crippen molar-refractivity contribution in [3.63, 3.8) is 0 Å². The molecule has 0 saturated carbocycles. The van der Waals surface area contributed by atoms with Crippen LogP contribution in [0, 0.1) is 0 Å². The molecule has 0 aromatic rings. The average Bonchev–Trinajstić information content (AvgIpc) is 1.87. The molecule has 10 heavy (non-hydrogen) atoms. The number of rotatable bonds is 5. The van der Waals surface area contributed by atoms with E-state index in [4.69, 9.17) is 16.6 Å². The van der Waals surface area contributed by atoms with Crippen molar-refractivity contribution in [2.45, 2.75) is 25.3 Å². The highest BCUT2D eigenvalue weighted by Gasteiger charge is 2.01. The van der Waals surface area contributed by atoms with Crippen LogP contribution in [-0.4, -0.2) is 23.7 Å². The summed E-state index contributed by atoms with van der Waals surface area (Å²) >= 11 is 0. The molecule has 0 radical (unpaired) electrons. The number of carboxylic acids is 1. The van der Waals surface area contributed by atoms with Crippen LogP contribution in [0.25, 0.3) is 0 Å².